The molecule has 0 unspecified atom stereocenters. The molecular weight excluding hydrogens is 332 g/mol. The minimum Gasteiger partial charge on any atom is -0.435 e. The number of aromatic nitrogens is 3. The van der Waals surface area contributed by atoms with Gasteiger partial charge in [-0.25, -0.2) is 0 Å². The van der Waals surface area contributed by atoms with E-state index in [1.54, 1.807) is 18.3 Å². The SMILES string of the molecule is O=Cc1cc(-c2ccc(OC(F)F)cc2)nn(-c2cccnc2)c1=O. The van der Waals surface area contributed by atoms with Crippen molar-refractivity contribution in [2.75, 3.05) is 0 Å². The van der Waals surface area contributed by atoms with Gasteiger partial charge in [-0.3, -0.25) is 14.6 Å². The Bertz CT molecular complexity index is 942. The Morgan fingerprint density at radius 2 is 1.92 bits per heavy atom. The number of carbonyl (C=O) groups excluding carboxylic acids is 1. The molecule has 0 N–H and O–H groups in total. The Kier molecular flexibility index (Phi) is 4.60. The highest BCUT2D eigenvalue weighted by Gasteiger charge is 2.12. The lowest BCUT2D eigenvalue weighted by molar-refractivity contribution is -0.0498. The second-order valence-electron chi connectivity index (χ2n) is 4.93. The fourth-order valence-corrected chi connectivity index (χ4v) is 2.20. The smallest absolute Gasteiger partial charge is 0.387 e. The number of ether oxygens (including phenoxy) is 1. The van der Waals surface area contributed by atoms with E-state index in [4.69, 9.17) is 0 Å². The van der Waals surface area contributed by atoms with E-state index in [-0.39, 0.29) is 11.3 Å². The molecule has 0 spiro atoms. The van der Waals surface area contributed by atoms with Gasteiger partial charge in [0.2, 0.25) is 0 Å². The Balaban J connectivity index is 2.08. The minimum absolute atomic E-state index is 0.00468. The normalized spacial score (nSPS) is 10.7. The average molecular weight is 343 g/mol. The van der Waals surface area contributed by atoms with Crippen molar-refractivity contribution in [1.82, 2.24) is 14.8 Å². The molecule has 0 atom stereocenters. The molecule has 0 saturated carbocycles. The van der Waals surface area contributed by atoms with Crippen molar-refractivity contribution in [3.63, 3.8) is 0 Å². The molecule has 1 aromatic carbocycles. The lowest BCUT2D eigenvalue weighted by atomic mass is 10.1. The van der Waals surface area contributed by atoms with Crippen molar-refractivity contribution < 1.29 is 18.3 Å². The zero-order valence-corrected chi connectivity index (χ0v) is 12.7. The van der Waals surface area contributed by atoms with Crippen LogP contribution in [0.2, 0.25) is 0 Å². The van der Waals surface area contributed by atoms with E-state index < -0.39 is 12.2 Å². The number of aldehydes is 1. The Morgan fingerprint density at radius 3 is 2.52 bits per heavy atom. The zero-order valence-electron chi connectivity index (χ0n) is 12.7. The van der Waals surface area contributed by atoms with Gasteiger partial charge in [-0.05, 0) is 42.5 Å². The number of benzene rings is 1. The van der Waals surface area contributed by atoms with E-state index in [1.807, 2.05) is 0 Å². The van der Waals surface area contributed by atoms with E-state index in [1.165, 1.54) is 36.5 Å². The second kappa shape index (κ2) is 7.00. The van der Waals surface area contributed by atoms with Crippen LogP contribution in [0.15, 0.2) is 59.7 Å². The molecule has 0 aliphatic carbocycles. The van der Waals surface area contributed by atoms with Crippen LogP contribution in [0, 0.1) is 0 Å². The lowest BCUT2D eigenvalue weighted by Gasteiger charge is -2.09. The first-order valence-electron chi connectivity index (χ1n) is 7.13. The number of halogens is 2. The van der Waals surface area contributed by atoms with Crippen molar-refractivity contribution in [2.24, 2.45) is 0 Å². The second-order valence-corrected chi connectivity index (χ2v) is 4.93. The molecule has 0 radical (unpaired) electrons. The molecule has 2 aromatic heterocycles. The maximum absolute atomic E-state index is 12.3. The van der Waals surface area contributed by atoms with Crippen LogP contribution in [0.1, 0.15) is 10.4 Å². The van der Waals surface area contributed by atoms with Crippen LogP contribution in [0.25, 0.3) is 16.9 Å². The number of rotatable bonds is 5. The van der Waals surface area contributed by atoms with E-state index in [0.717, 1.165) is 4.68 Å². The van der Waals surface area contributed by atoms with Gasteiger partial charge in [0.25, 0.3) is 5.56 Å². The van der Waals surface area contributed by atoms with Crippen molar-refractivity contribution in [3.8, 4) is 22.7 Å². The van der Waals surface area contributed by atoms with Crippen LogP contribution >= 0.6 is 0 Å². The fourth-order valence-electron chi connectivity index (χ4n) is 2.20. The lowest BCUT2D eigenvalue weighted by Crippen LogP contribution is -2.25. The zero-order chi connectivity index (χ0) is 17.8. The summed E-state index contributed by atoms with van der Waals surface area (Å²) in [5, 5.41) is 4.23. The van der Waals surface area contributed by atoms with Gasteiger partial charge in [0, 0.05) is 11.8 Å². The first-order chi connectivity index (χ1) is 12.1. The third-order valence-corrected chi connectivity index (χ3v) is 3.33. The predicted octanol–water partition coefficient (Wildman–Crippen LogP) is 2.71. The molecule has 0 aliphatic heterocycles. The summed E-state index contributed by atoms with van der Waals surface area (Å²) in [4.78, 5) is 27.4. The molecule has 0 amide bonds. The molecule has 0 bridgehead atoms. The van der Waals surface area contributed by atoms with Gasteiger partial charge in [-0.15, -0.1) is 0 Å². The standard InChI is InChI=1S/C17H11F2N3O3/c18-17(19)25-14-5-3-11(4-6-14)15-8-12(10-23)16(24)22(21-15)13-2-1-7-20-9-13/h1-10,17H. The number of hydrogen-bond donors (Lipinski definition) is 0. The van der Waals surface area contributed by atoms with Crippen LogP contribution in [0.3, 0.4) is 0 Å². The first-order valence-corrected chi connectivity index (χ1v) is 7.13. The summed E-state index contributed by atoms with van der Waals surface area (Å²) in [6.07, 6.45) is 3.42. The van der Waals surface area contributed by atoms with E-state index in [0.29, 0.717) is 23.2 Å². The summed E-state index contributed by atoms with van der Waals surface area (Å²) < 4.78 is 29.8. The number of pyridine rings is 1. The van der Waals surface area contributed by atoms with Gasteiger partial charge >= 0.3 is 6.61 Å². The molecule has 0 aliphatic rings. The van der Waals surface area contributed by atoms with Gasteiger partial charge in [-0.2, -0.15) is 18.6 Å². The van der Waals surface area contributed by atoms with Gasteiger partial charge in [0.1, 0.15) is 5.75 Å². The van der Waals surface area contributed by atoms with Crippen LogP contribution < -0.4 is 10.3 Å². The van der Waals surface area contributed by atoms with Crippen molar-refractivity contribution in [2.45, 2.75) is 6.61 Å². The minimum atomic E-state index is -2.92. The van der Waals surface area contributed by atoms with Gasteiger partial charge in [0.05, 0.1) is 23.1 Å². The van der Waals surface area contributed by atoms with Gasteiger partial charge < -0.3 is 4.74 Å². The van der Waals surface area contributed by atoms with Crippen LogP contribution in [0.5, 0.6) is 5.75 Å². The summed E-state index contributed by atoms with van der Waals surface area (Å²) in [6, 6.07) is 10.3. The van der Waals surface area contributed by atoms with Crippen LogP contribution in [0.4, 0.5) is 8.78 Å². The van der Waals surface area contributed by atoms with E-state index >= 15 is 0 Å². The number of carbonyl (C=O) groups is 1. The molecular formula is C17H11F2N3O3. The highest BCUT2D eigenvalue weighted by Crippen LogP contribution is 2.22. The fraction of sp³-hybridized carbons (Fsp3) is 0.0588. The van der Waals surface area contributed by atoms with Crippen LogP contribution in [-0.4, -0.2) is 27.7 Å². The topological polar surface area (TPSA) is 74.1 Å². The maximum Gasteiger partial charge on any atom is 0.387 e. The Labute approximate surface area is 140 Å². The molecule has 8 heteroatoms. The third kappa shape index (κ3) is 3.57. The quantitative estimate of drug-likeness (QED) is 0.666. The van der Waals surface area contributed by atoms with E-state index in [9.17, 15) is 18.4 Å². The Hall–Kier alpha value is -3.42. The molecule has 2 heterocycles. The summed E-state index contributed by atoms with van der Waals surface area (Å²) in [5.74, 6) is -0.00468. The van der Waals surface area contributed by atoms with Crippen molar-refractivity contribution in [3.05, 3.63) is 70.8 Å². The van der Waals surface area contributed by atoms with E-state index in [2.05, 4.69) is 14.8 Å². The summed E-state index contributed by atoms with van der Waals surface area (Å²) in [5.41, 5.74) is 0.595. The molecule has 3 aromatic rings. The number of hydrogen-bond acceptors (Lipinski definition) is 5. The van der Waals surface area contributed by atoms with Crippen LogP contribution in [-0.2, 0) is 0 Å². The summed E-state index contributed by atoms with van der Waals surface area (Å²) >= 11 is 0. The third-order valence-electron chi connectivity index (χ3n) is 3.33. The monoisotopic (exact) mass is 343 g/mol. The first kappa shape index (κ1) is 16.4. The largest absolute Gasteiger partial charge is 0.435 e. The molecule has 3 rings (SSSR count). The molecule has 0 fully saturated rings. The molecule has 25 heavy (non-hydrogen) atoms. The summed E-state index contributed by atoms with van der Waals surface area (Å²) in [6.45, 7) is -2.92. The highest BCUT2D eigenvalue weighted by molar-refractivity contribution is 5.77. The van der Waals surface area contributed by atoms with Gasteiger partial charge in [-0.1, -0.05) is 0 Å². The number of alkyl halides is 2. The van der Waals surface area contributed by atoms with Gasteiger partial charge in [0.15, 0.2) is 6.29 Å². The molecule has 126 valence electrons. The molecule has 0 saturated heterocycles. The predicted molar refractivity (Wildman–Crippen MR) is 85.1 cm³/mol. The summed E-state index contributed by atoms with van der Waals surface area (Å²) in [7, 11) is 0. The molecule has 6 nitrogen and oxygen atoms in total. The Morgan fingerprint density at radius 1 is 1.16 bits per heavy atom. The van der Waals surface area contributed by atoms with Crippen molar-refractivity contribution in [1.29, 1.82) is 0 Å². The average Bonchev–Trinajstić information content (AvgIpc) is 2.63. The van der Waals surface area contributed by atoms with Crippen molar-refractivity contribution >= 4 is 6.29 Å². The maximum atomic E-state index is 12.3. The number of nitrogens with zero attached hydrogens (tertiary/aromatic N) is 3. The highest BCUT2D eigenvalue weighted by atomic mass is 19.3.